The molecule has 0 aliphatic rings. The molecule has 0 saturated carbocycles. The van der Waals surface area contributed by atoms with Gasteiger partial charge in [0.05, 0.1) is 11.6 Å². The Morgan fingerprint density at radius 2 is 1.47 bits per heavy atom. The molecule has 32 heavy (non-hydrogen) atoms. The molecule has 1 unspecified atom stereocenters. The molecule has 1 atom stereocenters. The second-order valence-corrected chi connectivity index (χ2v) is 8.87. The van der Waals surface area contributed by atoms with Crippen molar-refractivity contribution in [2.75, 3.05) is 0 Å². The lowest BCUT2D eigenvalue weighted by atomic mass is 9.83. The molecule has 0 fully saturated rings. The third kappa shape index (κ3) is 4.27. The van der Waals surface area contributed by atoms with Crippen LogP contribution in [0, 0.1) is 13.8 Å². The van der Waals surface area contributed by atoms with Gasteiger partial charge in [-0.2, -0.15) is 0 Å². The van der Waals surface area contributed by atoms with Crippen molar-refractivity contribution in [3.63, 3.8) is 0 Å². The number of phenols is 1. The Balaban J connectivity index is 2.07. The molecule has 0 bridgehead atoms. The van der Waals surface area contributed by atoms with Crippen molar-refractivity contribution in [1.29, 1.82) is 0 Å². The molecule has 0 saturated heterocycles. The molecular formula is C30H33NO. The van der Waals surface area contributed by atoms with Crippen LogP contribution in [0.3, 0.4) is 0 Å². The summed E-state index contributed by atoms with van der Waals surface area (Å²) in [5.41, 5.74) is 8.17. The number of nitrogens with zero attached hydrogens (tertiary/aromatic N) is 1. The van der Waals surface area contributed by atoms with E-state index in [0.717, 1.165) is 42.5 Å². The standard InChI is InChI=1S/C30H33NO/c1-5-9-23-26-19-21(4)15-18-24(26)30(31-27(23)10-6-2)29(22-16-13-20(3)14-17-22)25-11-7-8-12-28(25)32/h7-8,11-19,29,32H,5-6,9-10H2,1-4H3. The molecule has 0 amide bonds. The summed E-state index contributed by atoms with van der Waals surface area (Å²) in [5, 5.41) is 13.4. The van der Waals surface area contributed by atoms with Gasteiger partial charge in [0.25, 0.3) is 0 Å². The minimum atomic E-state index is -0.131. The van der Waals surface area contributed by atoms with Crippen LogP contribution in [0.4, 0.5) is 0 Å². The number of aromatic nitrogens is 1. The van der Waals surface area contributed by atoms with Gasteiger partial charge in [-0.3, -0.25) is 4.98 Å². The summed E-state index contributed by atoms with van der Waals surface area (Å²) < 4.78 is 0. The fraction of sp³-hybridized carbons (Fsp3) is 0.300. The average Bonchev–Trinajstić information content (AvgIpc) is 2.78. The van der Waals surface area contributed by atoms with E-state index < -0.39 is 0 Å². The molecule has 4 rings (SSSR count). The SMILES string of the molecule is CCCc1nc(C(c2ccc(C)cc2)c2ccccc2O)c2ccc(C)cc2c1CCC. The highest BCUT2D eigenvalue weighted by Crippen LogP contribution is 2.40. The van der Waals surface area contributed by atoms with Gasteiger partial charge >= 0.3 is 0 Å². The lowest BCUT2D eigenvalue weighted by Crippen LogP contribution is -2.11. The summed E-state index contributed by atoms with van der Waals surface area (Å²) in [6, 6.07) is 23.1. The van der Waals surface area contributed by atoms with Gasteiger partial charge in [0, 0.05) is 16.6 Å². The molecule has 1 N–H and O–H groups in total. The first-order valence-corrected chi connectivity index (χ1v) is 11.8. The third-order valence-corrected chi connectivity index (χ3v) is 6.30. The number of pyridine rings is 1. The molecule has 0 aliphatic heterocycles. The lowest BCUT2D eigenvalue weighted by Gasteiger charge is -2.24. The van der Waals surface area contributed by atoms with Crippen LogP contribution in [0.25, 0.3) is 10.8 Å². The van der Waals surface area contributed by atoms with Crippen LogP contribution >= 0.6 is 0 Å². The summed E-state index contributed by atoms with van der Waals surface area (Å²) in [5.74, 6) is 0.183. The van der Waals surface area contributed by atoms with E-state index in [4.69, 9.17) is 4.98 Å². The molecule has 1 heterocycles. The van der Waals surface area contributed by atoms with Gasteiger partial charge in [-0.1, -0.05) is 98.5 Å². The number of hydrogen-bond acceptors (Lipinski definition) is 2. The summed E-state index contributed by atoms with van der Waals surface area (Å²) in [6.07, 6.45) is 4.16. The highest BCUT2D eigenvalue weighted by atomic mass is 16.3. The molecule has 164 valence electrons. The highest BCUT2D eigenvalue weighted by Gasteiger charge is 2.25. The number of aryl methyl sites for hydroxylation is 4. The van der Waals surface area contributed by atoms with Crippen molar-refractivity contribution in [1.82, 2.24) is 4.98 Å². The van der Waals surface area contributed by atoms with Crippen LogP contribution in [0.1, 0.15) is 71.8 Å². The molecule has 0 radical (unpaired) electrons. The van der Waals surface area contributed by atoms with Crippen LogP contribution in [0.15, 0.2) is 66.7 Å². The van der Waals surface area contributed by atoms with Gasteiger partial charge in [0.2, 0.25) is 0 Å². The maximum Gasteiger partial charge on any atom is 0.119 e. The first-order chi connectivity index (χ1) is 15.5. The predicted octanol–water partition coefficient (Wildman–Crippen LogP) is 7.64. The van der Waals surface area contributed by atoms with Crippen molar-refractivity contribution < 1.29 is 5.11 Å². The van der Waals surface area contributed by atoms with E-state index in [-0.39, 0.29) is 5.92 Å². The van der Waals surface area contributed by atoms with Gasteiger partial charge in [-0.05, 0) is 49.3 Å². The van der Waals surface area contributed by atoms with Crippen LogP contribution < -0.4 is 0 Å². The Labute approximate surface area is 192 Å². The minimum Gasteiger partial charge on any atom is -0.508 e. The zero-order chi connectivity index (χ0) is 22.7. The van der Waals surface area contributed by atoms with Gasteiger partial charge < -0.3 is 5.11 Å². The van der Waals surface area contributed by atoms with Crippen LogP contribution in [0.2, 0.25) is 0 Å². The zero-order valence-electron chi connectivity index (χ0n) is 19.7. The molecule has 0 aliphatic carbocycles. The maximum atomic E-state index is 10.9. The van der Waals surface area contributed by atoms with Gasteiger partial charge in [-0.15, -0.1) is 0 Å². The Hall–Kier alpha value is -3.13. The first-order valence-electron chi connectivity index (χ1n) is 11.8. The molecular weight excluding hydrogens is 390 g/mol. The number of para-hydroxylation sites is 1. The van der Waals surface area contributed by atoms with E-state index in [0.29, 0.717) is 5.75 Å². The second kappa shape index (κ2) is 9.56. The monoisotopic (exact) mass is 423 g/mol. The molecule has 2 heteroatoms. The number of hydrogen-bond donors (Lipinski definition) is 1. The largest absolute Gasteiger partial charge is 0.508 e. The molecule has 4 aromatic rings. The third-order valence-electron chi connectivity index (χ3n) is 6.30. The van der Waals surface area contributed by atoms with E-state index in [1.807, 2.05) is 18.2 Å². The fourth-order valence-corrected chi connectivity index (χ4v) is 4.73. The molecule has 3 aromatic carbocycles. The van der Waals surface area contributed by atoms with E-state index >= 15 is 0 Å². The van der Waals surface area contributed by atoms with Crippen molar-refractivity contribution in [3.8, 4) is 5.75 Å². The maximum absolute atomic E-state index is 10.9. The van der Waals surface area contributed by atoms with E-state index in [1.165, 1.54) is 33.2 Å². The average molecular weight is 424 g/mol. The van der Waals surface area contributed by atoms with Gasteiger partial charge in [0.15, 0.2) is 0 Å². The van der Waals surface area contributed by atoms with Crippen molar-refractivity contribution in [2.45, 2.75) is 59.3 Å². The normalized spacial score (nSPS) is 12.2. The topological polar surface area (TPSA) is 33.1 Å². The first kappa shape index (κ1) is 22.1. The van der Waals surface area contributed by atoms with E-state index in [2.05, 4.69) is 70.2 Å². The Morgan fingerprint density at radius 3 is 2.16 bits per heavy atom. The quantitative estimate of drug-likeness (QED) is 0.331. The van der Waals surface area contributed by atoms with Crippen molar-refractivity contribution in [2.24, 2.45) is 0 Å². The van der Waals surface area contributed by atoms with Crippen LogP contribution in [-0.4, -0.2) is 10.1 Å². The van der Waals surface area contributed by atoms with Crippen LogP contribution in [0.5, 0.6) is 5.75 Å². The smallest absolute Gasteiger partial charge is 0.119 e. The van der Waals surface area contributed by atoms with E-state index in [1.54, 1.807) is 6.07 Å². The minimum absolute atomic E-state index is 0.131. The number of benzene rings is 3. The van der Waals surface area contributed by atoms with E-state index in [9.17, 15) is 5.11 Å². The summed E-state index contributed by atoms with van der Waals surface area (Å²) >= 11 is 0. The fourth-order valence-electron chi connectivity index (χ4n) is 4.73. The highest BCUT2D eigenvalue weighted by molar-refractivity contribution is 5.90. The molecule has 1 aromatic heterocycles. The summed E-state index contributed by atoms with van der Waals surface area (Å²) in [4.78, 5) is 5.34. The Morgan fingerprint density at radius 1 is 0.781 bits per heavy atom. The van der Waals surface area contributed by atoms with Crippen molar-refractivity contribution in [3.05, 3.63) is 106 Å². The zero-order valence-corrected chi connectivity index (χ0v) is 19.7. The number of phenolic OH excluding ortho intramolecular Hbond substituents is 1. The Kier molecular flexibility index (Phi) is 6.60. The molecule has 0 spiro atoms. The Bertz CT molecular complexity index is 1220. The number of fused-ring (bicyclic) bond motifs is 1. The van der Waals surface area contributed by atoms with Crippen molar-refractivity contribution >= 4 is 10.8 Å². The van der Waals surface area contributed by atoms with Crippen LogP contribution in [-0.2, 0) is 12.8 Å². The predicted molar refractivity (Wildman–Crippen MR) is 135 cm³/mol. The number of rotatable bonds is 7. The second-order valence-electron chi connectivity index (χ2n) is 8.87. The summed E-state index contributed by atoms with van der Waals surface area (Å²) in [7, 11) is 0. The van der Waals surface area contributed by atoms with Gasteiger partial charge in [-0.25, -0.2) is 0 Å². The summed E-state index contributed by atoms with van der Waals surface area (Å²) in [6.45, 7) is 8.73. The molecule has 2 nitrogen and oxygen atoms in total. The lowest BCUT2D eigenvalue weighted by molar-refractivity contribution is 0.467. The van der Waals surface area contributed by atoms with Gasteiger partial charge in [0.1, 0.15) is 5.75 Å². The number of aromatic hydroxyl groups is 1.